The fourth-order valence-corrected chi connectivity index (χ4v) is 2.64. The second-order valence-corrected chi connectivity index (χ2v) is 5.46. The first-order valence-electron chi connectivity index (χ1n) is 7.66. The lowest BCUT2D eigenvalue weighted by Gasteiger charge is -2.14. The van der Waals surface area contributed by atoms with E-state index < -0.39 is 11.2 Å². The van der Waals surface area contributed by atoms with Gasteiger partial charge in [0, 0.05) is 25.0 Å². The molecular weight excluding hydrogens is 308 g/mol. The Morgan fingerprint density at radius 1 is 1.21 bits per heavy atom. The Hall–Kier alpha value is -2.96. The van der Waals surface area contributed by atoms with E-state index in [2.05, 4.69) is 9.97 Å². The largest absolute Gasteiger partial charge is 0.493 e. The molecule has 0 N–H and O–H groups in total. The van der Waals surface area contributed by atoms with Gasteiger partial charge in [0.15, 0.2) is 5.65 Å². The van der Waals surface area contributed by atoms with Crippen molar-refractivity contribution in [2.75, 3.05) is 6.61 Å². The average Bonchev–Trinajstić information content (AvgIpc) is 2.59. The van der Waals surface area contributed by atoms with Gasteiger partial charge in [0.2, 0.25) is 0 Å². The van der Waals surface area contributed by atoms with E-state index in [4.69, 9.17) is 4.74 Å². The fourth-order valence-electron chi connectivity index (χ4n) is 2.64. The highest BCUT2D eigenvalue weighted by atomic mass is 16.5. The Morgan fingerprint density at radius 3 is 2.67 bits per heavy atom. The van der Waals surface area contributed by atoms with E-state index in [-0.39, 0.29) is 6.54 Å². The molecule has 0 aliphatic heterocycles. The topological polar surface area (TPSA) is 79.0 Å². The molecule has 3 heterocycles. The van der Waals surface area contributed by atoms with E-state index >= 15 is 0 Å². The van der Waals surface area contributed by atoms with Gasteiger partial charge in [0.05, 0.1) is 18.8 Å². The smallest absolute Gasteiger partial charge is 0.332 e. The molecule has 3 aromatic rings. The summed E-state index contributed by atoms with van der Waals surface area (Å²) in [6.45, 7) is 4.19. The number of hydrogen-bond donors (Lipinski definition) is 0. The van der Waals surface area contributed by atoms with Crippen LogP contribution >= 0.6 is 0 Å². The monoisotopic (exact) mass is 326 g/mol. The van der Waals surface area contributed by atoms with E-state index in [1.807, 2.05) is 19.9 Å². The molecule has 0 spiro atoms. The molecule has 0 radical (unpaired) electrons. The first-order valence-corrected chi connectivity index (χ1v) is 7.66. The van der Waals surface area contributed by atoms with Crippen LogP contribution in [0.3, 0.4) is 0 Å². The summed E-state index contributed by atoms with van der Waals surface area (Å²) in [7, 11) is 1.59. The number of nitrogens with zero attached hydrogens (tertiary/aromatic N) is 4. The zero-order valence-corrected chi connectivity index (χ0v) is 13.8. The fraction of sp³-hybridized carbons (Fsp3) is 0.294. The second kappa shape index (κ2) is 6.27. The number of aromatic nitrogens is 4. The van der Waals surface area contributed by atoms with Gasteiger partial charge >= 0.3 is 5.69 Å². The van der Waals surface area contributed by atoms with Gasteiger partial charge in [-0.2, -0.15) is 0 Å². The van der Waals surface area contributed by atoms with Crippen LogP contribution in [-0.2, 0) is 13.6 Å². The Kier molecular flexibility index (Phi) is 4.16. The predicted octanol–water partition coefficient (Wildman–Crippen LogP) is 1.25. The lowest BCUT2D eigenvalue weighted by Crippen LogP contribution is -2.40. The van der Waals surface area contributed by atoms with Crippen molar-refractivity contribution < 1.29 is 4.74 Å². The lowest BCUT2D eigenvalue weighted by molar-refractivity contribution is 0.341. The van der Waals surface area contributed by atoms with Gasteiger partial charge in [-0.3, -0.25) is 18.9 Å². The number of hydrogen-bond acceptors (Lipinski definition) is 5. The molecule has 3 rings (SSSR count). The molecule has 0 amide bonds. The third-order valence-electron chi connectivity index (χ3n) is 3.82. The van der Waals surface area contributed by atoms with E-state index in [9.17, 15) is 9.59 Å². The standard InChI is InChI=1S/C17H18N4O3/c1-4-24-14-11(2)9-19-15-13(14)16(22)21(17(23)20(15)3)10-12-7-5-6-8-18-12/h5-9H,4,10H2,1-3H3. The van der Waals surface area contributed by atoms with Crippen LogP contribution in [0.5, 0.6) is 5.75 Å². The van der Waals surface area contributed by atoms with Crippen LogP contribution in [-0.4, -0.2) is 25.7 Å². The maximum absolute atomic E-state index is 13.0. The molecular formula is C17H18N4O3. The van der Waals surface area contributed by atoms with E-state index in [0.717, 1.165) is 10.1 Å². The van der Waals surface area contributed by atoms with Gasteiger partial charge in [0.1, 0.15) is 11.1 Å². The Morgan fingerprint density at radius 2 is 2.00 bits per heavy atom. The molecule has 7 heteroatoms. The van der Waals surface area contributed by atoms with Crippen molar-refractivity contribution in [2.45, 2.75) is 20.4 Å². The number of aryl methyl sites for hydroxylation is 2. The highest BCUT2D eigenvalue weighted by molar-refractivity contribution is 5.82. The predicted molar refractivity (Wildman–Crippen MR) is 90.5 cm³/mol. The summed E-state index contributed by atoms with van der Waals surface area (Å²) in [5, 5.41) is 0.315. The van der Waals surface area contributed by atoms with E-state index in [1.54, 1.807) is 31.6 Å². The molecule has 24 heavy (non-hydrogen) atoms. The lowest BCUT2D eigenvalue weighted by atomic mass is 10.2. The summed E-state index contributed by atoms with van der Waals surface area (Å²) in [6.07, 6.45) is 3.23. The molecule has 0 saturated heterocycles. The van der Waals surface area contributed by atoms with E-state index in [1.165, 1.54) is 4.57 Å². The van der Waals surface area contributed by atoms with Gasteiger partial charge in [-0.1, -0.05) is 6.07 Å². The highest BCUT2D eigenvalue weighted by Gasteiger charge is 2.18. The van der Waals surface area contributed by atoms with Gasteiger partial charge in [-0.25, -0.2) is 9.78 Å². The molecule has 3 aromatic heterocycles. The molecule has 124 valence electrons. The van der Waals surface area contributed by atoms with Crippen molar-refractivity contribution >= 4 is 11.0 Å². The summed E-state index contributed by atoms with van der Waals surface area (Å²) in [5.41, 5.74) is 0.853. The van der Waals surface area contributed by atoms with Crippen molar-refractivity contribution in [1.82, 2.24) is 19.1 Å². The first-order chi connectivity index (χ1) is 11.5. The van der Waals surface area contributed by atoms with Crippen LogP contribution in [0.25, 0.3) is 11.0 Å². The maximum Gasteiger partial charge on any atom is 0.332 e. The molecule has 0 unspecified atom stereocenters. The third kappa shape index (κ3) is 2.58. The summed E-state index contributed by atoms with van der Waals surface area (Å²) >= 11 is 0. The van der Waals surface area contributed by atoms with Crippen LogP contribution in [0.1, 0.15) is 18.2 Å². The molecule has 0 aliphatic rings. The quantitative estimate of drug-likeness (QED) is 0.721. The number of ether oxygens (including phenoxy) is 1. The molecule has 7 nitrogen and oxygen atoms in total. The molecule has 0 aromatic carbocycles. The van der Waals surface area contributed by atoms with Gasteiger partial charge in [-0.15, -0.1) is 0 Å². The second-order valence-electron chi connectivity index (χ2n) is 5.46. The Bertz CT molecular complexity index is 1010. The normalized spacial score (nSPS) is 11.0. The van der Waals surface area contributed by atoms with E-state index in [0.29, 0.717) is 29.1 Å². The molecule has 0 bridgehead atoms. The van der Waals surface area contributed by atoms with Crippen LogP contribution in [0.4, 0.5) is 0 Å². The van der Waals surface area contributed by atoms with Crippen molar-refractivity contribution in [3.8, 4) is 5.75 Å². The van der Waals surface area contributed by atoms with Crippen molar-refractivity contribution in [1.29, 1.82) is 0 Å². The van der Waals surface area contributed by atoms with Crippen LogP contribution in [0.2, 0.25) is 0 Å². The highest BCUT2D eigenvalue weighted by Crippen LogP contribution is 2.24. The number of pyridine rings is 2. The summed E-state index contributed by atoms with van der Waals surface area (Å²) < 4.78 is 8.17. The molecule has 0 fully saturated rings. The van der Waals surface area contributed by atoms with Crippen molar-refractivity contribution in [3.05, 3.63) is 62.7 Å². The van der Waals surface area contributed by atoms with Crippen molar-refractivity contribution in [3.63, 3.8) is 0 Å². The van der Waals surface area contributed by atoms with Crippen molar-refractivity contribution in [2.24, 2.45) is 7.05 Å². The molecule has 0 aliphatic carbocycles. The molecule has 0 saturated carbocycles. The molecule has 0 atom stereocenters. The SMILES string of the molecule is CCOc1c(C)cnc2c1c(=O)n(Cc1ccccn1)c(=O)n2C. The first kappa shape index (κ1) is 15.9. The minimum atomic E-state index is -0.433. The van der Waals surface area contributed by atoms with Gasteiger partial charge in [-0.05, 0) is 26.0 Å². The minimum absolute atomic E-state index is 0.0990. The van der Waals surface area contributed by atoms with Crippen LogP contribution in [0, 0.1) is 6.92 Å². The maximum atomic E-state index is 13.0. The summed E-state index contributed by atoms with van der Waals surface area (Å²) in [6, 6.07) is 5.37. The minimum Gasteiger partial charge on any atom is -0.493 e. The summed E-state index contributed by atoms with van der Waals surface area (Å²) in [5.74, 6) is 0.470. The Balaban J connectivity index is 2.33. The number of rotatable bonds is 4. The van der Waals surface area contributed by atoms with Gasteiger partial charge in [0.25, 0.3) is 5.56 Å². The zero-order chi connectivity index (χ0) is 17.3. The summed E-state index contributed by atoms with van der Waals surface area (Å²) in [4.78, 5) is 34.0. The Labute approximate surface area is 138 Å². The average molecular weight is 326 g/mol. The third-order valence-corrected chi connectivity index (χ3v) is 3.82. The number of fused-ring (bicyclic) bond motifs is 1. The van der Waals surface area contributed by atoms with Gasteiger partial charge < -0.3 is 4.74 Å². The zero-order valence-electron chi connectivity index (χ0n) is 13.8. The van der Waals surface area contributed by atoms with Crippen LogP contribution in [0.15, 0.2) is 40.2 Å². The van der Waals surface area contributed by atoms with Crippen LogP contribution < -0.4 is 16.0 Å².